The number of barbiturate groups is 1. The number of amides is 4. The number of nitrogens with one attached hydrogen (secondary N) is 1. The summed E-state index contributed by atoms with van der Waals surface area (Å²) in [5, 5.41) is 2.21. The van der Waals surface area contributed by atoms with Gasteiger partial charge in [-0.1, -0.05) is 15.9 Å². The molecule has 0 bridgehead atoms. The van der Waals surface area contributed by atoms with Gasteiger partial charge in [-0.2, -0.15) is 0 Å². The Bertz CT molecular complexity index is 1070. The topological polar surface area (TPSA) is 84.9 Å². The number of imide groups is 2. The highest BCUT2D eigenvalue weighted by Crippen LogP contribution is 2.35. The van der Waals surface area contributed by atoms with E-state index in [2.05, 4.69) is 37.2 Å². The highest BCUT2D eigenvalue weighted by Gasteiger charge is 2.37. The average molecular weight is 524 g/mol. The number of hydrogen-bond donors (Lipinski definition) is 1. The van der Waals surface area contributed by atoms with E-state index in [4.69, 9.17) is 9.47 Å². The Labute approximate surface area is 183 Å². The number of ether oxygens (including phenoxy) is 2. The van der Waals surface area contributed by atoms with Crippen LogP contribution in [0.2, 0.25) is 0 Å². The second-order valence-electron chi connectivity index (χ2n) is 6.12. The molecule has 0 aromatic heterocycles. The Kier molecular flexibility index (Phi) is 6.09. The zero-order valence-corrected chi connectivity index (χ0v) is 18.9. The molecule has 9 heteroatoms. The van der Waals surface area contributed by atoms with E-state index in [1.165, 1.54) is 20.3 Å². The van der Waals surface area contributed by atoms with Crippen LogP contribution >= 0.6 is 31.9 Å². The van der Waals surface area contributed by atoms with Crippen molar-refractivity contribution in [3.8, 4) is 11.5 Å². The molecular formula is C20H16Br2N2O5. The quantitative estimate of drug-likeness (QED) is 0.479. The smallest absolute Gasteiger partial charge is 0.335 e. The number of hydrogen-bond acceptors (Lipinski definition) is 5. The predicted molar refractivity (Wildman–Crippen MR) is 115 cm³/mol. The van der Waals surface area contributed by atoms with Crippen LogP contribution in [0.25, 0.3) is 6.08 Å². The van der Waals surface area contributed by atoms with E-state index >= 15 is 0 Å². The molecule has 0 radical (unpaired) electrons. The van der Waals surface area contributed by atoms with Crippen molar-refractivity contribution < 1.29 is 23.9 Å². The van der Waals surface area contributed by atoms with Crippen molar-refractivity contribution in [1.82, 2.24) is 5.32 Å². The SMILES string of the molecule is COc1cc(OC)c(/C=C2\C(=O)NC(=O)N(c3ccc(Br)c(C)c3)C2=O)cc1Br. The van der Waals surface area contributed by atoms with Crippen LogP contribution in [0.5, 0.6) is 11.5 Å². The van der Waals surface area contributed by atoms with Crippen molar-refractivity contribution in [3.05, 3.63) is 56.0 Å². The van der Waals surface area contributed by atoms with Crippen LogP contribution in [0.4, 0.5) is 10.5 Å². The van der Waals surface area contributed by atoms with Gasteiger partial charge in [0.2, 0.25) is 0 Å². The maximum absolute atomic E-state index is 13.0. The van der Waals surface area contributed by atoms with Gasteiger partial charge in [-0.25, -0.2) is 9.69 Å². The molecule has 0 atom stereocenters. The first-order chi connectivity index (χ1) is 13.8. The largest absolute Gasteiger partial charge is 0.496 e. The van der Waals surface area contributed by atoms with Gasteiger partial charge in [0.15, 0.2) is 0 Å². The van der Waals surface area contributed by atoms with Crippen molar-refractivity contribution in [2.75, 3.05) is 19.1 Å². The molecule has 1 saturated heterocycles. The molecule has 1 N–H and O–H groups in total. The van der Waals surface area contributed by atoms with Crippen molar-refractivity contribution in [2.24, 2.45) is 0 Å². The van der Waals surface area contributed by atoms with Gasteiger partial charge in [0.1, 0.15) is 17.1 Å². The summed E-state index contributed by atoms with van der Waals surface area (Å²) in [5.41, 5.74) is 1.47. The molecule has 1 heterocycles. The number of methoxy groups -OCH3 is 2. The lowest BCUT2D eigenvalue weighted by molar-refractivity contribution is -0.122. The molecule has 29 heavy (non-hydrogen) atoms. The molecule has 1 aliphatic rings. The summed E-state index contributed by atoms with van der Waals surface area (Å²) in [5.74, 6) is -0.569. The number of carbonyl (C=O) groups excluding carboxylic acids is 3. The second-order valence-corrected chi connectivity index (χ2v) is 7.83. The fourth-order valence-corrected chi connectivity index (χ4v) is 3.58. The highest BCUT2D eigenvalue weighted by atomic mass is 79.9. The van der Waals surface area contributed by atoms with E-state index in [0.29, 0.717) is 27.2 Å². The molecule has 0 unspecified atom stereocenters. The molecule has 0 spiro atoms. The first-order valence-corrected chi connectivity index (χ1v) is 9.94. The van der Waals surface area contributed by atoms with Crippen LogP contribution < -0.4 is 19.7 Å². The van der Waals surface area contributed by atoms with E-state index in [1.54, 1.807) is 30.3 Å². The zero-order chi connectivity index (χ0) is 21.3. The Morgan fingerprint density at radius 1 is 0.966 bits per heavy atom. The summed E-state index contributed by atoms with van der Waals surface area (Å²) >= 11 is 6.76. The molecule has 3 rings (SSSR count). The van der Waals surface area contributed by atoms with Crippen LogP contribution in [-0.2, 0) is 9.59 Å². The number of anilines is 1. The highest BCUT2D eigenvalue weighted by molar-refractivity contribution is 9.10. The summed E-state index contributed by atoms with van der Waals surface area (Å²) in [6.45, 7) is 1.83. The van der Waals surface area contributed by atoms with Gasteiger partial charge in [0.25, 0.3) is 11.8 Å². The first kappa shape index (κ1) is 21.1. The van der Waals surface area contributed by atoms with E-state index in [0.717, 1.165) is 14.9 Å². The monoisotopic (exact) mass is 522 g/mol. The average Bonchev–Trinajstić information content (AvgIpc) is 2.67. The minimum absolute atomic E-state index is 0.194. The van der Waals surface area contributed by atoms with Crippen LogP contribution in [0, 0.1) is 6.92 Å². The lowest BCUT2D eigenvalue weighted by atomic mass is 10.1. The first-order valence-electron chi connectivity index (χ1n) is 8.36. The van der Waals surface area contributed by atoms with Crippen LogP contribution in [0.3, 0.4) is 0 Å². The molecule has 150 valence electrons. The van der Waals surface area contributed by atoms with Crippen molar-refractivity contribution in [3.63, 3.8) is 0 Å². The molecule has 4 amide bonds. The lowest BCUT2D eigenvalue weighted by Crippen LogP contribution is -2.54. The fourth-order valence-electron chi connectivity index (χ4n) is 2.81. The van der Waals surface area contributed by atoms with Crippen molar-refractivity contribution >= 4 is 61.5 Å². The van der Waals surface area contributed by atoms with Gasteiger partial charge in [0, 0.05) is 16.1 Å². The third-order valence-electron chi connectivity index (χ3n) is 4.31. The van der Waals surface area contributed by atoms with Gasteiger partial charge in [0.05, 0.1) is 24.4 Å². The molecule has 7 nitrogen and oxygen atoms in total. The number of halogens is 2. The van der Waals surface area contributed by atoms with Gasteiger partial charge >= 0.3 is 6.03 Å². The fraction of sp³-hybridized carbons (Fsp3) is 0.150. The Morgan fingerprint density at radius 3 is 2.28 bits per heavy atom. The number of rotatable bonds is 4. The maximum Gasteiger partial charge on any atom is 0.335 e. The summed E-state index contributed by atoms with van der Waals surface area (Å²) < 4.78 is 12.0. The predicted octanol–water partition coefficient (Wildman–Crippen LogP) is 4.20. The minimum atomic E-state index is -0.804. The molecule has 1 fully saturated rings. The number of nitrogens with zero attached hydrogens (tertiary/aromatic N) is 1. The summed E-state index contributed by atoms with van der Waals surface area (Å²) in [7, 11) is 2.98. The molecule has 1 aliphatic heterocycles. The lowest BCUT2D eigenvalue weighted by Gasteiger charge is -2.27. The summed E-state index contributed by atoms with van der Waals surface area (Å²) in [4.78, 5) is 38.7. The minimum Gasteiger partial charge on any atom is -0.496 e. The third kappa shape index (κ3) is 4.06. The third-order valence-corrected chi connectivity index (χ3v) is 5.81. The Hall–Kier alpha value is -2.65. The van der Waals surface area contributed by atoms with E-state index in [-0.39, 0.29) is 5.57 Å². The normalized spacial score (nSPS) is 15.6. The summed E-state index contributed by atoms with van der Waals surface area (Å²) in [6.07, 6.45) is 1.38. The van der Waals surface area contributed by atoms with Gasteiger partial charge in [-0.15, -0.1) is 0 Å². The number of carbonyl (C=O) groups is 3. The van der Waals surface area contributed by atoms with Crippen LogP contribution in [-0.4, -0.2) is 32.1 Å². The van der Waals surface area contributed by atoms with Gasteiger partial charge in [-0.05, 0) is 58.8 Å². The molecule has 2 aromatic carbocycles. The zero-order valence-electron chi connectivity index (χ0n) is 15.7. The molecule has 2 aromatic rings. The number of aryl methyl sites for hydroxylation is 1. The Balaban J connectivity index is 2.08. The van der Waals surface area contributed by atoms with Crippen LogP contribution in [0.1, 0.15) is 11.1 Å². The van der Waals surface area contributed by atoms with E-state index < -0.39 is 17.8 Å². The van der Waals surface area contributed by atoms with Gasteiger partial charge < -0.3 is 9.47 Å². The molecule has 0 saturated carbocycles. The van der Waals surface area contributed by atoms with Crippen molar-refractivity contribution in [2.45, 2.75) is 6.92 Å². The summed E-state index contributed by atoms with van der Waals surface area (Å²) in [6, 6.07) is 7.51. The standard InChI is InChI=1S/C20H16Br2N2O5/c1-10-6-12(4-5-14(10)21)24-19(26)13(18(25)23-20(24)27)7-11-8-15(22)17(29-3)9-16(11)28-2/h4-9H,1-3H3,(H,23,25,27)/b13-7+. The van der Waals surface area contributed by atoms with Gasteiger partial charge in [-0.3, -0.25) is 14.9 Å². The van der Waals surface area contributed by atoms with Crippen molar-refractivity contribution in [1.29, 1.82) is 0 Å². The number of benzene rings is 2. The number of urea groups is 1. The van der Waals surface area contributed by atoms with Crippen LogP contribution in [0.15, 0.2) is 44.9 Å². The maximum atomic E-state index is 13.0. The molecular weight excluding hydrogens is 508 g/mol. The second kappa shape index (κ2) is 8.38. The van der Waals surface area contributed by atoms with E-state index in [9.17, 15) is 14.4 Å². The van der Waals surface area contributed by atoms with E-state index in [1.807, 2.05) is 6.92 Å². The Morgan fingerprint density at radius 2 is 1.66 bits per heavy atom. The molecule has 0 aliphatic carbocycles.